The lowest BCUT2D eigenvalue weighted by atomic mass is 10.1. The Bertz CT molecular complexity index is 766. The molecule has 3 rings (SSSR count). The third kappa shape index (κ3) is 5.22. The molecule has 28 heavy (non-hydrogen) atoms. The number of unbranched alkanes of at least 4 members (excludes halogenated alkanes) is 2. The lowest BCUT2D eigenvalue weighted by Crippen LogP contribution is -2.30. The summed E-state index contributed by atoms with van der Waals surface area (Å²) < 4.78 is 11.5. The van der Waals surface area contributed by atoms with Crippen LogP contribution in [0.4, 0.5) is 0 Å². The largest absolute Gasteiger partial charge is 0.493 e. The Morgan fingerprint density at radius 1 is 1.14 bits per heavy atom. The summed E-state index contributed by atoms with van der Waals surface area (Å²) in [6.45, 7) is 3.46. The van der Waals surface area contributed by atoms with Gasteiger partial charge in [0.05, 0.1) is 7.11 Å². The molecule has 4 nitrogen and oxygen atoms in total. The highest BCUT2D eigenvalue weighted by Crippen LogP contribution is 2.41. The summed E-state index contributed by atoms with van der Waals surface area (Å²) in [5.74, 6) is 2.65. The average Bonchev–Trinajstić information content (AvgIpc) is 3.23. The van der Waals surface area contributed by atoms with Crippen molar-refractivity contribution in [2.75, 3.05) is 19.4 Å². The van der Waals surface area contributed by atoms with Gasteiger partial charge < -0.3 is 14.4 Å². The van der Waals surface area contributed by atoms with E-state index in [1.807, 2.05) is 65.2 Å². The van der Waals surface area contributed by atoms with Gasteiger partial charge in [-0.1, -0.05) is 56.2 Å². The molecule has 0 aromatic heterocycles. The minimum Gasteiger partial charge on any atom is -0.493 e. The number of hydrogen-bond donors (Lipinski definition) is 0. The van der Waals surface area contributed by atoms with Crippen LogP contribution in [0.1, 0.15) is 49.1 Å². The predicted octanol–water partition coefficient (Wildman–Crippen LogP) is 5.43. The van der Waals surface area contributed by atoms with Crippen molar-refractivity contribution in [3.8, 4) is 11.5 Å². The number of hydrogen-bond acceptors (Lipinski definition) is 4. The van der Waals surface area contributed by atoms with Crippen LogP contribution in [0.2, 0.25) is 0 Å². The van der Waals surface area contributed by atoms with Gasteiger partial charge in [-0.2, -0.15) is 0 Å². The fraction of sp³-hybridized carbons (Fsp3) is 0.435. The Hall–Kier alpha value is -2.14. The number of carbonyl (C=O) groups is 1. The molecular weight excluding hydrogens is 370 g/mol. The molecule has 1 amide bonds. The number of methoxy groups -OCH3 is 1. The standard InChI is InChI=1S/C23H29NO3S/c1-3-4-6-11-22(25)24-14-15-28-23(24)19-12-13-20(26-2)21(16-19)27-17-18-9-7-5-8-10-18/h5,7-10,12-13,16,23H,3-4,6,11,14-15,17H2,1-2H3. The maximum atomic E-state index is 12.7. The number of benzene rings is 2. The molecule has 1 aliphatic heterocycles. The summed E-state index contributed by atoms with van der Waals surface area (Å²) in [7, 11) is 1.65. The van der Waals surface area contributed by atoms with Crippen molar-refractivity contribution in [3.05, 3.63) is 59.7 Å². The average molecular weight is 400 g/mol. The number of carbonyl (C=O) groups excluding carboxylic acids is 1. The second-order valence-electron chi connectivity index (χ2n) is 6.95. The highest BCUT2D eigenvalue weighted by atomic mass is 32.2. The lowest BCUT2D eigenvalue weighted by molar-refractivity contribution is -0.131. The Kier molecular flexibility index (Phi) is 7.66. The van der Waals surface area contributed by atoms with E-state index in [0.717, 1.165) is 48.4 Å². The zero-order chi connectivity index (χ0) is 19.8. The molecule has 1 unspecified atom stereocenters. The van der Waals surface area contributed by atoms with Gasteiger partial charge in [0.1, 0.15) is 12.0 Å². The number of thioether (sulfide) groups is 1. The molecule has 0 aliphatic carbocycles. The number of rotatable bonds is 9. The van der Waals surface area contributed by atoms with Gasteiger partial charge in [-0.15, -0.1) is 11.8 Å². The lowest BCUT2D eigenvalue weighted by Gasteiger charge is -2.25. The van der Waals surface area contributed by atoms with Gasteiger partial charge in [-0.05, 0) is 29.7 Å². The molecule has 0 bridgehead atoms. The summed E-state index contributed by atoms with van der Waals surface area (Å²) in [6, 6.07) is 16.1. The molecule has 1 atom stereocenters. The maximum Gasteiger partial charge on any atom is 0.223 e. The fourth-order valence-electron chi connectivity index (χ4n) is 3.37. The molecule has 0 saturated carbocycles. The van der Waals surface area contributed by atoms with E-state index in [4.69, 9.17) is 9.47 Å². The van der Waals surface area contributed by atoms with Gasteiger partial charge in [0, 0.05) is 18.7 Å². The van der Waals surface area contributed by atoms with E-state index in [9.17, 15) is 4.79 Å². The van der Waals surface area contributed by atoms with Gasteiger partial charge in [0.2, 0.25) is 5.91 Å². The minimum absolute atomic E-state index is 0.0547. The third-order valence-corrected chi connectivity index (χ3v) is 6.18. The van der Waals surface area contributed by atoms with Gasteiger partial charge in [0.25, 0.3) is 0 Å². The molecule has 0 spiro atoms. The summed E-state index contributed by atoms with van der Waals surface area (Å²) >= 11 is 1.82. The second kappa shape index (κ2) is 10.4. The van der Waals surface area contributed by atoms with E-state index in [-0.39, 0.29) is 11.3 Å². The molecule has 5 heteroatoms. The first kappa shape index (κ1) is 20.6. The van der Waals surface area contributed by atoms with Crippen molar-refractivity contribution in [3.63, 3.8) is 0 Å². The van der Waals surface area contributed by atoms with Crippen molar-refractivity contribution in [1.82, 2.24) is 4.90 Å². The van der Waals surface area contributed by atoms with Gasteiger partial charge in [0.15, 0.2) is 11.5 Å². The molecule has 1 saturated heterocycles. The topological polar surface area (TPSA) is 38.8 Å². The Labute approximate surface area is 172 Å². The third-order valence-electron chi connectivity index (χ3n) is 4.92. The van der Waals surface area contributed by atoms with E-state index < -0.39 is 0 Å². The van der Waals surface area contributed by atoms with Crippen molar-refractivity contribution in [2.45, 2.75) is 44.6 Å². The quantitative estimate of drug-likeness (QED) is 0.527. The zero-order valence-corrected chi connectivity index (χ0v) is 17.5. The number of nitrogens with zero attached hydrogens (tertiary/aromatic N) is 1. The Morgan fingerprint density at radius 3 is 2.71 bits per heavy atom. The minimum atomic E-state index is 0.0547. The molecule has 0 radical (unpaired) electrons. The first-order chi connectivity index (χ1) is 13.7. The molecule has 1 fully saturated rings. The first-order valence-electron chi connectivity index (χ1n) is 9.98. The highest BCUT2D eigenvalue weighted by Gasteiger charge is 2.30. The SMILES string of the molecule is CCCCCC(=O)N1CCSC1c1ccc(OC)c(OCc2ccccc2)c1. The summed E-state index contributed by atoms with van der Waals surface area (Å²) in [5, 5.41) is 0.0547. The fourth-order valence-corrected chi connectivity index (χ4v) is 4.63. The van der Waals surface area contributed by atoms with Crippen LogP contribution in [0, 0.1) is 0 Å². The van der Waals surface area contributed by atoms with E-state index >= 15 is 0 Å². The molecule has 1 heterocycles. The van der Waals surface area contributed by atoms with Gasteiger partial charge in [-0.25, -0.2) is 0 Å². The van der Waals surface area contributed by atoms with E-state index in [0.29, 0.717) is 18.8 Å². The normalized spacial score (nSPS) is 16.2. The van der Waals surface area contributed by atoms with Crippen LogP contribution in [-0.4, -0.2) is 30.2 Å². The van der Waals surface area contributed by atoms with Crippen molar-refractivity contribution >= 4 is 17.7 Å². The predicted molar refractivity (Wildman–Crippen MR) is 115 cm³/mol. The van der Waals surface area contributed by atoms with Crippen molar-refractivity contribution in [1.29, 1.82) is 0 Å². The zero-order valence-electron chi connectivity index (χ0n) is 16.7. The highest BCUT2D eigenvalue weighted by molar-refractivity contribution is 7.99. The number of ether oxygens (including phenoxy) is 2. The molecular formula is C23H29NO3S. The van der Waals surface area contributed by atoms with Gasteiger partial charge >= 0.3 is 0 Å². The monoisotopic (exact) mass is 399 g/mol. The summed E-state index contributed by atoms with van der Waals surface area (Å²) in [6.07, 6.45) is 3.85. The van der Waals surface area contributed by atoms with Gasteiger partial charge in [-0.3, -0.25) is 4.79 Å². The van der Waals surface area contributed by atoms with E-state index in [1.54, 1.807) is 7.11 Å². The molecule has 2 aromatic rings. The second-order valence-corrected chi connectivity index (χ2v) is 8.14. The van der Waals surface area contributed by atoms with E-state index in [2.05, 4.69) is 6.92 Å². The van der Waals surface area contributed by atoms with Crippen LogP contribution in [-0.2, 0) is 11.4 Å². The Balaban J connectivity index is 1.73. The van der Waals surface area contributed by atoms with Crippen LogP contribution < -0.4 is 9.47 Å². The summed E-state index contributed by atoms with van der Waals surface area (Å²) in [5.41, 5.74) is 2.20. The van der Waals surface area contributed by atoms with Crippen LogP contribution >= 0.6 is 11.8 Å². The van der Waals surface area contributed by atoms with Crippen molar-refractivity contribution in [2.24, 2.45) is 0 Å². The van der Waals surface area contributed by atoms with Crippen LogP contribution in [0.25, 0.3) is 0 Å². The van der Waals surface area contributed by atoms with Crippen LogP contribution in [0.15, 0.2) is 48.5 Å². The first-order valence-corrected chi connectivity index (χ1v) is 11.0. The smallest absolute Gasteiger partial charge is 0.223 e. The number of amides is 1. The molecule has 0 N–H and O–H groups in total. The molecule has 1 aliphatic rings. The van der Waals surface area contributed by atoms with Crippen molar-refractivity contribution < 1.29 is 14.3 Å². The van der Waals surface area contributed by atoms with Crippen LogP contribution in [0.3, 0.4) is 0 Å². The molecule has 150 valence electrons. The Morgan fingerprint density at radius 2 is 1.96 bits per heavy atom. The summed E-state index contributed by atoms with van der Waals surface area (Å²) in [4.78, 5) is 14.7. The van der Waals surface area contributed by atoms with Crippen LogP contribution in [0.5, 0.6) is 11.5 Å². The maximum absolute atomic E-state index is 12.7. The van der Waals surface area contributed by atoms with E-state index in [1.165, 1.54) is 0 Å². The molecule has 2 aromatic carbocycles.